The lowest BCUT2D eigenvalue weighted by Gasteiger charge is -2.34. The number of aliphatic carboxylic acids is 1. The molecule has 148 valence electrons. The van der Waals surface area contributed by atoms with E-state index in [2.05, 4.69) is 29.0 Å². The zero-order chi connectivity index (χ0) is 19.8. The summed E-state index contributed by atoms with van der Waals surface area (Å²) < 4.78 is 12.3. The molecule has 0 aliphatic carbocycles. The van der Waals surface area contributed by atoms with Gasteiger partial charge < -0.3 is 24.2 Å². The van der Waals surface area contributed by atoms with Crippen LogP contribution in [0.15, 0.2) is 24.3 Å². The third-order valence-corrected chi connectivity index (χ3v) is 6.18. The van der Waals surface area contributed by atoms with Gasteiger partial charge in [-0.25, -0.2) is 0 Å². The number of nitrogens with zero attached hydrogens (tertiary/aromatic N) is 2. The Bertz CT molecular complexity index is 653. The lowest BCUT2D eigenvalue weighted by molar-refractivity contribution is -0.137. The standard InChI is InChI=1S/C20H31BN2O4/c1-19(2)20(3,4)27-21(26-19)17(14-18(24)25)15-6-8-16(9-7-15)23-12-10-22(5)11-13-23/h6-9,17H,10-14H2,1-5H3,(H,24,25). The lowest BCUT2D eigenvalue weighted by atomic mass is 9.66. The SMILES string of the molecule is CN1CCN(c2ccc(C(CC(=O)O)B3OC(C)(C)C(C)(C)O3)cc2)CC1. The highest BCUT2D eigenvalue weighted by atomic mass is 16.7. The minimum Gasteiger partial charge on any atom is -0.481 e. The summed E-state index contributed by atoms with van der Waals surface area (Å²) >= 11 is 0. The molecule has 1 atom stereocenters. The summed E-state index contributed by atoms with van der Waals surface area (Å²) in [6, 6.07) is 8.21. The largest absolute Gasteiger partial charge is 0.481 e. The zero-order valence-electron chi connectivity index (χ0n) is 17.1. The molecule has 0 spiro atoms. The van der Waals surface area contributed by atoms with E-state index >= 15 is 0 Å². The van der Waals surface area contributed by atoms with Gasteiger partial charge in [0.05, 0.1) is 17.6 Å². The van der Waals surface area contributed by atoms with E-state index in [0.717, 1.165) is 31.7 Å². The number of likely N-dealkylation sites (N-methyl/N-ethyl adjacent to an activating group) is 1. The fourth-order valence-electron chi connectivity index (χ4n) is 3.61. The molecule has 2 fully saturated rings. The monoisotopic (exact) mass is 374 g/mol. The Labute approximate surface area is 162 Å². The van der Waals surface area contributed by atoms with Gasteiger partial charge in [0.1, 0.15) is 0 Å². The second-order valence-corrected chi connectivity index (χ2v) is 8.71. The number of anilines is 1. The van der Waals surface area contributed by atoms with Gasteiger partial charge in [-0.2, -0.15) is 0 Å². The highest BCUT2D eigenvalue weighted by Crippen LogP contribution is 2.42. The van der Waals surface area contributed by atoms with Gasteiger partial charge in [-0.15, -0.1) is 0 Å². The maximum Gasteiger partial charge on any atom is 0.466 e. The number of hydrogen-bond donors (Lipinski definition) is 1. The normalized spacial score (nSPS) is 23.4. The summed E-state index contributed by atoms with van der Waals surface area (Å²) in [5.41, 5.74) is 1.16. The quantitative estimate of drug-likeness (QED) is 0.800. The van der Waals surface area contributed by atoms with Gasteiger partial charge in [-0.1, -0.05) is 12.1 Å². The van der Waals surface area contributed by atoms with Gasteiger partial charge in [0.25, 0.3) is 0 Å². The average Bonchev–Trinajstić information content (AvgIpc) is 2.81. The Balaban J connectivity index is 1.79. The van der Waals surface area contributed by atoms with Crippen molar-refractivity contribution in [2.75, 3.05) is 38.1 Å². The molecule has 1 aromatic carbocycles. The number of rotatable bonds is 5. The van der Waals surface area contributed by atoms with Crippen LogP contribution in [0.25, 0.3) is 0 Å². The topological polar surface area (TPSA) is 62.2 Å². The average molecular weight is 374 g/mol. The number of hydrogen-bond acceptors (Lipinski definition) is 5. The van der Waals surface area contributed by atoms with Crippen LogP contribution in [0.2, 0.25) is 0 Å². The molecule has 1 unspecified atom stereocenters. The fraction of sp³-hybridized carbons (Fsp3) is 0.650. The van der Waals surface area contributed by atoms with Crippen LogP contribution >= 0.6 is 0 Å². The molecule has 0 saturated carbocycles. The third-order valence-electron chi connectivity index (χ3n) is 6.18. The summed E-state index contributed by atoms with van der Waals surface area (Å²) in [6.07, 6.45) is -0.0231. The van der Waals surface area contributed by atoms with Crippen molar-refractivity contribution in [2.45, 2.75) is 51.1 Å². The van der Waals surface area contributed by atoms with E-state index in [1.54, 1.807) is 0 Å². The molecule has 2 saturated heterocycles. The molecular formula is C20H31BN2O4. The Morgan fingerprint density at radius 3 is 2.07 bits per heavy atom. The predicted molar refractivity (Wildman–Crippen MR) is 107 cm³/mol. The highest BCUT2D eigenvalue weighted by molar-refractivity contribution is 6.48. The van der Waals surface area contributed by atoms with E-state index in [-0.39, 0.29) is 12.2 Å². The minimum atomic E-state index is -0.849. The molecule has 2 aliphatic heterocycles. The molecule has 0 bridgehead atoms. The van der Waals surface area contributed by atoms with E-state index in [1.807, 2.05) is 39.8 Å². The Hall–Kier alpha value is -1.57. The lowest BCUT2D eigenvalue weighted by Crippen LogP contribution is -2.44. The van der Waals surface area contributed by atoms with Crippen LogP contribution in [0, 0.1) is 0 Å². The van der Waals surface area contributed by atoms with Gasteiger partial charge in [0.15, 0.2) is 0 Å². The first kappa shape index (κ1) is 20.2. The third kappa shape index (κ3) is 4.31. The smallest absolute Gasteiger partial charge is 0.466 e. The predicted octanol–water partition coefficient (Wildman–Crippen LogP) is 2.63. The molecule has 2 heterocycles. The van der Waals surface area contributed by atoms with Crippen molar-refractivity contribution < 1.29 is 19.2 Å². The van der Waals surface area contributed by atoms with Gasteiger partial charge in [0.2, 0.25) is 0 Å². The maximum absolute atomic E-state index is 11.5. The zero-order valence-corrected chi connectivity index (χ0v) is 17.1. The van der Waals surface area contributed by atoms with Crippen LogP contribution in [0.1, 0.15) is 45.5 Å². The van der Waals surface area contributed by atoms with E-state index in [0.29, 0.717) is 0 Å². The van der Waals surface area contributed by atoms with Gasteiger partial charge in [-0.05, 0) is 52.4 Å². The molecule has 0 amide bonds. The minimum absolute atomic E-state index is 0.0231. The van der Waals surface area contributed by atoms with Crippen LogP contribution in [-0.4, -0.2) is 67.5 Å². The molecule has 7 heteroatoms. The number of carboxylic acid groups (broad SMARTS) is 1. The number of carbonyl (C=O) groups is 1. The number of carboxylic acids is 1. The highest BCUT2D eigenvalue weighted by Gasteiger charge is 2.54. The van der Waals surface area contributed by atoms with E-state index < -0.39 is 24.3 Å². The van der Waals surface area contributed by atoms with Crippen molar-refractivity contribution in [2.24, 2.45) is 0 Å². The van der Waals surface area contributed by atoms with Crippen LogP contribution < -0.4 is 4.90 Å². The van der Waals surface area contributed by atoms with E-state index in [1.165, 1.54) is 5.69 Å². The summed E-state index contributed by atoms with van der Waals surface area (Å²) in [4.78, 5) is 16.2. The van der Waals surface area contributed by atoms with Gasteiger partial charge >= 0.3 is 13.1 Å². The Kier molecular flexibility index (Phi) is 5.57. The number of piperazine rings is 1. The van der Waals surface area contributed by atoms with Crippen molar-refractivity contribution in [1.82, 2.24) is 4.90 Å². The fourth-order valence-corrected chi connectivity index (χ4v) is 3.61. The first-order valence-corrected chi connectivity index (χ1v) is 9.70. The summed E-state index contributed by atoms with van der Waals surface area (Å²) in [5, 5.41) is 9.43. The van der Waals surface area contributed by atoms with Gasteiger partial charge in [-0.3, -0.25) is 4.79 Å². The van der Waals surface area contributed by atoms with Crippen molar-refractivity contribution in [3.05, 3.63) is 29.8 Å². The summed E-state index contributed by atoms with van der Waals surface area (Å²) in [5.74, 6) is -1.19. The first-order chi connectivity index (χ1) is 12.6. The van der Waals surface area contributed by atoms with Crippen LogP contribution in [0.4, 0.5) is 5.69 Å². The molecule has 6 nitrogen and oxygen atoms in total. The molecule has 0 radical (unpaired) electrons. The molecule has 3 rings (SSSR count). The molecule has 0 aromatic heterocycles. The molecule has 1 aromatic rings. The Morgan fingerprint density at radius 1 is 1.07 bits per heavy atom. The molecule has 2 aliphatic rings. The second-order valence-electron chi connectivity index (χ2n) is 8.71. The van der Waals surface area contributed by atoms with Crippen LogP contribution in [-0.2, 0) is 14.1 Å². The van der Waals surface area contributed by atoms with Crippen LogP contribution in [0.3, 0.4) is 0 Å². The van der Waals surface area contributed by atoms with Gasteiger partial charge in [0, 0.05) is 37.7 Å². The maximum atomic E-state index is 11.5. The Morgan fingerprint density at radius 2 is 1.59 bits per heavy atom. The van der Waals surface area contributed by atoms with E-state index in [4.69, 9.17) is 9.31 Å². The van der Waals surface area contributed by atoms with E-state index in [9.17, 15) is 9.90 Å². The van der Waals surface area contributed by atoms with Crippen molar-refractivity contribution in [3.63, 3.8) is 0 Å². The molecule has 1 N–H and O–H groups in total. The van der Waals surface area contributed by atoms with Crippen molar-refractivity contribution >= 4 is 18.8 Å². The van der Waals surface area contributed by atoms with Crippen LogP contribution in [0.5, 0.6) is 0 Å². The first-order valence-electron chi connectivity index (χ1n) is 9.70. The summed E-state index contributed by atoms with van der Waals surface area (Å²) in [7, 11) is 1.57. The van der Waals surface area contributed by atoms with Crippen molar-refractivity contribution in [1.29, 1.82) is 0 Å². The molecular weight excluding hydrogens is 343 g/mol. The van der Waals surface area contributed by atoms with Crippen molar-refractivity contribution in [3.8, 4) is 0 Å². The summed E-state index contributed by atoms with van der Waals surface area (Å²) in [6.45, 7) is 12.1. The number of benzene rings is 1. The second kappa shape index (κ2) is 7.45. The molecule has 27 heavy (non-hydrogen) atoms.